The van der Waals surface area contributed by atoms with Crippen LogP contribution in [0.15, 0.2) is 12.1 Å². The van der Waals surface area contributed by atoms with E-state index in [0.29, 0.717) is 36.8 Å². The molecular formula is C28H30F7O2. The largest absolute Gasteiger partial charge is 0.454 e. The van der Waals surface area contributed by atoms with E-state index in [1.54, 1.807) is 6.07 Å². The summed E-state index contributed by atoms with van der Waals surface area (Å²) in [5.41, 5.74) is -0.340. The molecular weight excluding hydrogens is 501 g/mol. The van der Waals surface area contributed by atoms with Crippen LogP contribution in [-0.2, 0) is 0 Å². The summed E-state index contributed by atoms with van der Waals surface area (Å²) in [6.45, 7) is -1.27. The fourth-order valence-electron chi connectivity index (χ4n) is 6.16. The zero-order chi connectivity index (χ0) is 26.7. The van der Waals surface area contributed by atoms with Crippen LogP contribution in [0.1, 0.15) is 82.6 Å². The highest BCUT2D eigenvalue weighted by atomic mass is 19.3. The fraction of sp³-hybridized carbons (Fsp3) is 0.571. The Hall–Kier alpha value is -2.45. The highest BCUT2D eigenvalue weighted by molar-refractivity contribution is 5.44. The van der Waals surface area contributed by atoms with Crippen molar-refractivity contribution >= 4 is 0 Å². The van der Waals surface area contributed by atoms with Crippen LogP contribution in [0.3, 0.4) is 0 Å². The van der Waals surface area contributed by atoms with Crippen molar-refractivity contribution in [3.8, 4) is 17.2 Å². The molecule has 9 heteroatoms. The maximum absolute atomic E-state index is 15.0. The van der Waals surface area contributed by atoms with Gasteiger partial charge in [0.2, 0.25) is 0 Å². The highest BCUT2D eigenvalue weighted by Crippen LogP contribution is 2.48. The minimum atomic E-state index is -3.47. The van der Waals surface area contributed by atoms with Gasteiger partial charge in [-0.1, -0.05) is 32.6 Å². The van der Waals surface area contributed by atoms with Gasteiger partial charge in [0.1, 0.15) is 5.75 Å². The first-order chi connectivity index (χ1) is 17.7. The van der Waals surface area contributed by atoms with Gasteiger partial charge < -0.3 is 9.47 Å². The van der Waals surface area contributed by atoms with Crippen molar-refractivity contribution in [3.63, 3.8) is 0 Å². The summed E-state index contributed by atoms with van der Waals surface area (Å²) in [4.78, 5) is 0. The smallest absolute Gasteiger partial charge is 0.387 e. The van der Waals surface area contributed by atoms with Crippen LogP contribution in [0, 0.1) is 52.9 Å². The van der Waals surface area contributed by atoms with Crippen LogP contribution in [-0.4, -0.2) is 6.61 Å². The van der Waals surface area contributed by atoms with Gasteiger partial charge in [-0.05, 0) is 62.2 Å². The molecule has 2 aliphatic rings. The molecule has 0 aliphatic heterocycles. The molecule has 0 N–H and O–H groups in total. The summed E-state index contributed by atoms with van der Waals surface area (Å²) in [5.74, 6) is -8.60. The molecule has 0 atom stereocenters. The predicted molar refractivity (Wildman–Crippen MR) is 123 cm³/mol. The molecule has 2 fully saturated rings. The van der Waals surface area contributed by atoms with Crippen LogP contribution in [0.2, 0.25) is 0 Å². The second-order valence-corrected chi connectivity index (χ2v) is 10.2. The Labute approximate surface area is 212 Å². The van der Waals surface area contributed by atoms with E-state index in [4.69, 9.17) is 4.74 Å². The van der Waals surface area contributed by atoms with Gasteiger partial charge in [-0.2, -0.15) is 8.78 Å². The fourth-order valence-corrected chi connectivity index (χ4v) is 6.16. The monoisotopic (exact) mass is 531 g/mol. The quantitative estimate of drug-likeness (QED) is 0.250. The average molecular weight is 532 g/mol. The number of rotatable bonds is 8. The van der Waals surface area contributed by atoms with Gasteiger partial charge in [-0.15, -0.1) is 0 Å². The van der Waals surface area contributed by atoms with Crippen molar-refractivity contribution in [2.45, 2.75) is 83.7 Å². The van der Waals surface area contributed by atoms with Crippen molar-refractivity contribution in [1.29, 1.82) is 0 Å². The Balaban J connectivity index is 1.52. The van der Waals surface area contributed by atoms with Crippen LogP contribution in [0.4, 0.5) is 30.7 Å². The summed E-state index contributed by atoms with van der Waals surface area (Å²) < 4.78 is 106. The van der Waals surface area contributed by atoms with E-state index in [1.165, 1.54) is 25.7 Å². The minimum Gasteiger partial charge on any atom is -0.454 e. The molecule has 2 aliphatic carbocycles. The molecule has 0 spiro atoms. The molecule has 0 saturated heterocycles. The van der Waals surface area contributed by atoms with Crippen LogP contribution in [0.5, 0.6) is 17.2 Å². The molecule has 37 heavy (non-hydrogen) atoms. The number of ether oxygens (including phenoxy) is 2. The Kier molecular flexibility index (Phi) is 8.90. The molecule has 0 unspecified atom stereocenters. The molecule has 2 nitrogen and oxygen atoms in total. The lowest BCUT2D eigenvalue weighted by Gasteiger charge is -2.38. The Morgan fingerprint density at radius 2 is 1.38 bits per heavy atom. The number of benzene rings is 2. The maximum atomic E-state index is 15.0. The van der Waals surface area contributed by atoms with Gasteiger partial charge in [-0.25, -0.2) is 22.0 Å². The molecule has 0 amide bonds. The van der Waals surface area contributed by atoms with Crippen molar-refractivity contribution < 1.29 is 40.2 Å². The number of hydrogen-bond acceptors (Lipinski definition) is 2. The number of alkyl halides is 2. The van der Waals surface area contributed by atoms with E-state index < -0.39 is 58.9 Å². The molecule has 0 aromatic heterocycles. The molecule has 4 rings (SSSR count). The van der Waals surface area contributed by atoms with Gasteiger partial charge in [-0.3, -0.25) is 0 Å². The first-order valence-electron chi connectivity index (χ1n) is 12.9. The second-order valence-electron chi connectivity index (χ2n) is 10.2. The third-order valence-electron chi connectivity index (χ3n) is 7.93. The maximum Gasteiger partial charge on any atom is 0.387 e. The van der Waals surface area contributed by atoms with E-state index in [9.17, 15) is 30.7 Å². The van der Waals surface area contributed by atoms with Gasteiger partial charge in [0.25, 0.3) is 0 Å². The van der Waals surface area contributed by atoms with E-state index >= 15 is 0 Å². The molecule has 203 valence electrons. The molecule has 0 bridgehead atoms. The third-order valence-corrected chi connectivity index (χ3v) is 7.93. The minimum absolute atomic E-state index is 0.340. The second kappa shape index (κ2) is 11.9. The van der Waals surface area contributed by atoms with E-state index in [-0.39, 0.29) is 5.56 Å². The van der Waals surface area contributed by atoms with E-state index in [1.807, 2.05) is 0 Å². The topological polar surface area (TPSA) is 18.5 Å². The van der Waals surface area contributed by atoms with Crippen LogP contribution < -0.4 is 9.47 Å². The molecule has 2 aromatic carbocycles. The van der Waals surface area contributed by atoms with Gasteiger partial charge >= 0.3 is 6.61 Å². The highest BCUT2D eigenvalue weighted by Gasteiger charge is 2.35. The normalized spacial score (nSPS) is 24.4. The Morgan fingerprint density at radius 3 is 1.92 bits per heavy atom. The van der Waals surface area contributed by atoms with Gasteiger partial charge in [0, 0.05) is 17.7 Å². The van der Waals surface area contributed by atoms with E-state index in [2.05, 4.69) is 11.7 Å². The standard InChI is InChI=1S/C28H30F7O2/c1-2-3-15-4-6-16(7-5-15)17-8-10-18(11-9-17)24-25(33)20(29)14-23(32)27(24)36-19-12-21(30)26(22(31)13-19)37-28(34)35/h12-13,15-18,28H,2-11H2,1H3/t15-,16-,17-,18-. The molecule has 2 saturated carbocycles. The number of halogens is 7. The lowest BCUT2D eigenvalue weighted by molar-refractivity contribution is -0.0547. The van der Waals surface area contributed by atoms with Crippen molar-refractivity contribution in [2.75, 3.05) is 0 Å². The predicted octanol–water partition coefficient (Wildman–Crippen LogP) is 9.46. The lowest BCUT2D eigenvalue weighted by Crippen LogP contribution is -2.26. The molecule has 0 heterocycles. The summed E-state index contributed by atoms with van der Waals surface area (Å²) in [6, 6.07) is 2.63. The summed E-state index contributed by atoms with van der Waals surface area (Å²) >= 11 is 0. The van der Waals surface area contributed by atoms with Crippen LogP contribution in [0.25, 0.3) is 0 Å². The molecule has 1 radical (unpaired) electrons. The third kappa shape index (κ3) is 6.34. The Bertz CT molecular complexity index is 1050. The average Bonchev–Trinajstić information content (AvgIpc) is 2.86. The zero-order valence-corrected chi connectivity index (χ0v) is 20.6. The SMILES string of the molecule is CCC[C@H]1CC[C@H]([C@H]2CC[C@H](c3c(F)c(F)[c]c(F)c3Oc3cc(F)c(OC(F)F)c(F)c3)CC2)CC1. The Morgan fingerprint density at radius 1 is 0.811 bits per heavy atom. The van der Waals surface area contributed by atoms with Crippen molar-refractivity contribution in [3.05, 3.63) is 52.8 Å². The first-order valence-corrected chi connectivity index (χ1v) is 12.9. The first kappa shape index (κ1) is 27.6. The van der Waals surface area contributed by atoms with Gasteiger partial charge in [0.15, 0.2) is 40.6 Å². The van der Waals surface area contributed by atoms with Gasteiger partial charge in [0.05, 0.1) is 6.07 Å². The van der Waals surface area contributed by atoms with E-state index in [0.717, 1.165) is 31.6 Å². The number of hydrogen-bond donors (Lipinski definition) is 0. The summed E-state index contributed by atoms with van der Waals surface area (Å²) in [5, 5.41) is 0. The summed E-state index contributed by atoms with van der Waals surface area (Å²) in [6.07, 6.45) is 9.70. The summed E-state index contributed by atoms with van der Waals surface area (Å²) in [7, 11) is 0. The zero-order valence-electron chi connectivity index (χ0n) is 20.6. The lowest BCUT2D eigenvalue weighted by atomic mass is 9.68. The van der Waals surface area contributed by atoms with Crippen LogP contribution >= 0.6 is 0 Å². The van der Waals surface area contributed by atoms with Crippen molar-refractivity contribution in [1.82, 2.24) is 0 Å². The van der Waals surface area contributed by atoms with Crippen molar-refractivity contribution in [2.24, 2.45) is 17.8 Å². The molecule has 2 aromatic rings.